The van der Waals surface area contributed by atoms with Crippen molar-refractivity contribution in [3.63, 3.8) is 0 Å². The first-order valence-electron chi connectivity index (χ1n) is 6.33. The molecule has 0 radical (unpaired) electrons. The predicted octanol–water partition coefficient (Wildman–Crippen LogP) is 3.32. The van der Waals surface area contributed by atoms with Crippen LogP contribution in [0.4, 0.5) is 0 Å². The summed E-state index contributed by atoms with van der Waals surface area (Å²) in [5.41, 5.74) is 2.05. The minimum atomic E-state index is -1.10. The van der Waals surface area contributed by atoms with Gasteiger partial charge in [-0.15, -0.1) is 0 Å². The van der Waals surface area contributed by atoms with Crippen molar-refractivity contribution in [1.29, 1.82) is 0 Å². The van der Waals surface area contributed by atoms with E-state index in [1.54, 1.807) is 30.3 Å². The van der Waals surface area contributed by atoms with Crippen molar-refractivity contribution in [3.8, 4) is 0 Å². The molecule has 0 aromatic heterocycles. The molecular weight excluding hydrogens is 268 g/mol. The highest BCUT2D eigenvalue weighted by molar-refractivity contribution is 6.21. The van der Waals surface area contributed by atoms with Crippen molar-refractivity contribution in [3.05, 3.63) is 70.8 Å². The topological polar surface area (TPSA) is 74.6 Å². The Bertz CT molecular complexity index is 712. The Labute approximate surface area is 122 Å². The molecule has 0 bridgehead atoms. The van der Waals surface area contributed by atoms with Gasteiger partial charge in [0.25, 0.3) is 0 Å². The van der Waals surface area contributed by atoms with Crippen LogP contribution in [0.5, 0.6) is 0 Å². The molecule has 2 N–H and O–H groups in total. The highest BCUT2D eigenvalue weighted by Gasteiger charge is 2.13. The zero-order valence-corrected chi connectivity index (χ0v) is 11.4. The third-order valence-electron chi connectivity index (χ3n) is 3.08. The molecule has 0 atom stereocenters. The predicted molar refractivity (Wildman–Crippen MR) is 80.1 cm³/mol. The lowest BCUT2D eigenvalue weighted by Crippen LogP contribution is -2.03. The Hall–Kier alpha value is -2.88. The summed E-state index contributed by atoms with van der Waals surface area (Å²) in [4.78, 5) is 22.6. The Balaban J connectivity index is 2.56. The van der Waals surface area contributed by atoms with Crippen molar-refractivity contribution in [2.45, 2.75) is 6.92 Å². The molecule has 0 saturated carbocycles. The molecule has 0 aliphatic rings. The van der Waals surface area contributed by atoms with Crippen LogP contribution in [0.2, 0.25) is 0 Å². The van der Waals surface area contributed by atoms with Gasteiger partial charge in [0.05, 0.1) is 11.1 Å². The molecular formula is C17H14O4. The molecule has 2 aromatic rings. The molecule has 0 spiro atoms. The van der Waals surface area contributed by atoms with E-state index in [0.717, 1.165) is 5.56 Å². The number of carboxylic acid groups (broad SMARTS) is 2. The molecule has 0 unspecified atom stereocenters. The van der Waals surface area contributed by atoms with E-state index in [2.05, 4.69) is 0 Å². The summed E-state index contributed by atoms with van der Waals surface area (Å²) in [6, 6.07) is 13.4. The van der Waals surface area contributed by atoms with Gasteiger partial charge >= 0.3 is 11.9 Å². The normalized spacial score (nSPS) is 11.2. The van der Waals surface area contributed by atoms with Crippen molar-refractivity contribution >= 4 is 23.6 Å². The number of aromatic carboxylic acids is 1. The number of hydrogen-bond donors (Lipinski definition) is 2. The van der Waals surface area contributed by atoms with E-state index in [0.29, 0.717) is 11.1 Å². The van der Waals surface area contributed by atoms with Crippen LogP contribution in [0.15, 0.2) is 48.5 Å². The van der Waals surface area contributed by atoms with Gasteiger partial charge in [-0.25, -0.2) is 9.59 Å². The summed E-state index contributed by atoms with van der Waals surface area (Å²) in [6.07, 6.45) is 1.39. The summed E-state index contributed by atoms with van der Waals surface area (Å²) >= 11 is 0. The fourth-order valence-corrected chi connectivity index (χ4v) is 1.97. The smallest absolute Gasteiger partial charge is 0.336 e. The average molecular weight is 282 g/mol. The summed E-state index contributed by atoms with van der Waals surface area (Å²) in [5.74, 6) is -2.19. The van der Waals surface area contributed by atoms with Gasteiger partial charge < -0.3 is 10.2 Å². The highest BCUT2D eigenvalue weighted by Crippen LogP contribution is 2.21. The Morgan fingerprint density at radius 1 is 0.952 bits per heavy atom. The van der Waals surface area contributed by atoms with E-state index in [4.69, 9.17) is 5.11 Å². The summed E-state index contributed by atoms with van der Waals surface area (Å²) in [5, 5.41) is 18.5. The molecule has 2 rings (SSSR count). The highest BCUT2D eigenvalue weighted by atomic mass is 16.4. The van der Waals surface area contributed by atoms with Crippen LogP contribution in [0, 0.1) is 6.92 Å². The van der Waals surface area contributed by atoms with Crippen LogP contribution in [-0.4, -0.2) is 22.2 Å². The maximum absolute atomic E-state index is 11.5. The van der Waals surface area contributed by atoms with Gasteiger partial charge in [-0.3, -0.25) is 0 Å². The van der Waals surface area contributed by atoms with E-state index in [9.17, 15) is 14.7 Å². The van der Waals surface area contributed by atoms with Crippen molar-refractivity contribution < 1.29 is 19.8 Å². The standard InChI is InChI=1S/C17H14O4/c1-11-6-8-12(9-7-11)15(17(20)21)10-13-4-2-3-5-14(13)16(18)19/h2-10H,1H3,(H,18,19)(H,20,21)/b15-10-. The fraction of sp³-hybridized carbons (Fsp3) is 0.0588. The van der Waals surface area contributed by atoms with E-state index < -0.39 is 11.9 Å². The Morgan fingerprint density at radius 2 is 1.57 bits per heavy atom. The van der Waals surface area contributed by atoms with E-state index in [-0.39, 0.29) is 11.1 Å². The molecule has 0 aliphatic heterocycles. The molecule has 106 valence electrons. The largest absolute Gasteiger partial charge is 0.478 e. The minimum absolute atomic E-state index is 0.0590. The van der Waals surface area contributed by atoms with Gasteiger partial charge in [0.2, 0.25) is 0 Å². The number of carbonyl (C=O) groups is 2. The monoisotopic (exact) mass is 282 g/mol. The third-order valence-corrected chi connectivity index (χ3v) is 3.08. The van der Waals surface area contributed by atoms with E-state index >= 15 is 0 Å². The lowest BCUT2D eigenvalue weighted by Gasteiger charge is -2.06. The quantitative estimate of drug-likeness (QED) is 0.666. The molecule has 0 saturated heterocycles. The summed E-state index contributed by atoms with van der Waals surface area (Å²) in [6.45, 7) is 1.91. The van der Waals surface area contributed by atoms with Gasteiger partial charge in [0.1, 0.15) is 0 Å². The molecule has 0 aliphatic carbocycles. The second-order valence-corrected chi connectivity index (χ2v) is 4.62. The molecule has 21 heavy (non-hydrogen) atoms. The third kappa shape index (κ3) is 3.36. The second kappa shape index (κ2) is 6.05. The molecule has 4 heteroatoms. The maximum Gasteiger partial charge on any atom is 0.336 e. The van der Waals surface area contributed by atoms with Crippen molar-refractivity contribution in [2.24, 2.45) is 0 Å². The van der Waals surface area contributed by atoms with Crippen molar-refractivity contribution in [2.75, 3.05) is 0 Å². The van der Waals surface area contributed by atoms with Gasteiger partial charge in [-0.05, 0) is 30.2 Å². The van der Waals surface area contributed by atoms with Crippen LogP contribution in [0.1, 0.15) is 27.0 Å². The average Bonchev–Trinajstić information content (AvgIpc) is 2.46. The number of aryl methyl sites for hydroxylation is 1. The molecule has 0 heterocycles. The summed E-state index contributed by atoms with van der Waals surface area (Å²) < 4.78 is 0. The van der Waals surface area contributed by atoms with E-state index in [1.807, 2.05) is 19.1 Å². The Kier molecular flexibility index (Phi) is 4.18. The van der Waals surface area contributed by atoms with Crippen LogP contribution < -0.4 is 0 Å². The fourth-order valence-electron chi connectivity index (χ4n) is 1.97. The zero-order valence-electron chi connectivity index (χ0n) is 11.4. The number of aliphatic carboxylic acids is 1. The lowest BCUT2D eigenvalue weighted by molar-refractivity contribution is -0.130. The first kappa shape index (κ1) is 14.5. The SMILES string of the molecule is Cc1ccc(/C(=C/c2ccccc2C(=O)O)C(=O)O)cc1. The van der Waals surface area contributed by atoms with E-state index in [1.165, 1.54) is 12.1 Å². The first-order valence-corrected chi connectivity index (χ1v) is 6.33. The summed E-state index contributed by atoms with van der Waals surface area (Å²) in [7, 11) is 0. The van der Waals surface area contributed by atoms with Gasteiger partial charge in [0.15, 0.2) is 0 Å². The number of benzene rings is 2. The molecule has 0 amide bonds. The van der Waals surface area contributed by atoms with Gasteiger partial charge in [-0.1, -0.05) is 48.0 Å². The van der Waals surface area contributed by atoms with Crippen LogP contribution in [0.25, 0.3) is 11.6 Å². The van der Waals surface area contributed by atoms with Crippen LogP contribution in [0.3, 0.4) is 0 Å². The molecule has 4 nitrogen and oxygen atoms in total. The lowest BCUT2D eigenvalue weighted by atomic mass is 9.99. The Morgan fingerprint density at radius 3 is 2.14 bits per heavy atom. The first-order chi connectivity index (χ1) is 9.99. The number of carboxylic acids is 2. The molecule has 0 fully saturated rings. The second-order valence-electron chi connectivity index (χ2n) is 4.62. The number of rotatable bonds is 4. The maximum atomic E-state index is 11.5. The van der Waals surface area contributed by atoms with Crippen molar-refractivity contribution in [1.82, 2.24) is 0 Å². The molecule has 2 aromatic carbocycles. The minimum Gasteiger partial charge on any atom is -0.478 e. The van der Waals surface area contributed by atoms with Gasteiger partial charge in [-0.2, -0.15) is 0 Å². The number of hydrogen-bond acceptors (Lipinski definition) is 2. The van der Waals surface area contributed by atoms with Crippen LogP contribution in [-0.2, 0) is 4.79 Å². The van der Waals surface area contributed by atoms with Crippen LogP contribution >= 0.6 is 0 Å². The zero-order chi connectivity index (χ0) is 15.4. The van der Waals surface area contributed by atoms with Gasteiger partial charge in [0, 0.05) is 0 Å².